The number of methoxy groups -OCH3 is 2. The number of aromatic nitrogens is 1. The number of ether oxygens (including phenoxy) is 3. The highest BCUT2D eigenvalue weighted by Gasteiger charge is 2.31. The number of nitrogens with zero attached hydrogens (tertiary/aromatic N) is 2. The first-order chi connectivity index (χ1) is 13.5. The van der Waals surface area contributed by atoms with Crippen LogP contribution in [-0.4, -0.2) is 18.8 Å². The van der Waals surface area contributed by atoms with Gasteiger partial charge in [-0.05, 0) is 39.7 Å². The number of oxazole rings is 1. The largest absolute Gasteiger partial charge is 0.493 e. The first kappa shape index (κ1) is 18.2. The molecule has 1 aliphatic rings. The summed E-state index contributed by atoms with van der Waals surface area (Å²) in [5, 5.41) is 9.66. The van der Waals surface area contributed by atoms with E-state index in [0.29, 0.717) is 38.4 Å². The maximum atomic E-state index is 11.9. The molecule has 1 unspecified atom stereocenters. The maximum absolute atomic E-state index is 11.9. The topological polar surface area (TPSA) is 86.6 Å². The van der Waals surface area contributed by atoms with E-state index in [4.69, 9.17) is 18.6 Å². The number of benzene rings is 2. The van der Waals surface area contributed by atoms with Gasteiger partial charge in [-0.15, -0.1) is 0 Å². The van der Waals surface area contributed by atoms with Gasteiger partial charge in [-0.3, -0.25) is 4.57 Å². The normalized spacial score (nSPS) is 15.4. The molecule has 8 heteroatoms. The van der Waals surface area contributed by atoms with Crippen LogP contribution in [-0.2, 0) is 7.05 Å². The monoisotopic (exact) mass is 442 g/mol. The third kappa shape index (κ3) is 2.59. The molecule has 2 heterocycles. The fourth-order valence-corrected chi connectivity index (χ4v) is 4.07. The van der Waals surface area contributed by atoms with E-state index < -0.39 is 11.7 Å². The Bertz CT molecular complexity index is 1230. The average molecular weight is 443 g/mol. The van der Waals surface area contributed by atoms with Crippen LogP contribution in [0.1, 0.15) is 17.0 Å². The summed E-state index contributed by atoms with van der Waals surface area (Å²) < 4.78 is 24.0. The molecule has 3 aromatic rings. The van der Waals surface area contributed by atoms with Crippen molar-refractivity contribution in [3.63, 3.8) is 0 Å². The van der Waals surface area contributed by atoms with Gasteiger partial charge in [0.25, 0.3) is 0 Å². The third-order valence-electron chi connectivity index (χ3n) is 4.79. The van der Waals surface area contributed by atoms with Crippen molar-refractivity contribution in [3.05, 3.63) is 62.3 Å². The molecule has 0 saturated carbocycles. The Labute approximate surface area is 168 Å². The van der Waals surface area contributed by atoms with Crippen molar-refractivity contribution in [3.8, 4) is 23.3 Å². The Morgan fingerprint density at radius 2 is 2.04 bits per heavy atom. The van der Waals surface area contributed by atoms with Gasteiger partial charge in [0.1, 0.15) is 6.26 Å². The van der Waals surface area contributed by atoms with Crippen molar-refractivity contribution in [1.82, 2.24) is 4.57 Å². The van der Waals surface area contributed by atoms with Crippen molar-refractivity contribution in [2.75, 3.05) is 14.2 Å². The second-order valence-electron chi connectivity index (χ2n) is 6.23. The van der Waals surface area contributed by atoms with Crippen LogP contribution in [0.25, 0.3) is 11.1 Å². The molecule has 7 nitrogen and oxygen atoms in total. The number of aryl methyl sites for hydroxylation is 1. The van der Waals surface area contributed by atoms with Gasteiger partial charge in [-0.25, -0.2) is 4.79 Å². The average Bonchev–Trinajstić information content (AvgIpc) is 3.00. The smallest absolute Gasteiger partial charge is 0.419 e. The predicted molar refractivity (Wildman–Crippen MR) is 105 cm³/mol. The Hall–Kier alpha value is -3.18. The molecule has 4 rings (SSSR count). The van der Waals surface area contributed by atoms with Gasteiger partial charge in [0, 0.05) is 12.6 Å². The fraction of sp³-hybridized carbons (Fsp3) is 0.200. The quantitative estimate of drug-likeness (QED) is 0.612. The zero-order valence-electron chi connectivity index (χ0n) is 15.3. The molecule has 1 atom stereocenters. The van der Waals surface area contributed by atoms with Crippen molar-refractivity contribution in [1.29, 1.82) is 5.26 Å². The minimum absolute atomic E-state index is 0.350. The second-order valence-corrected chi connectivity index (χ2v) is 7.09. The van der Waals surface area contributed by atoms with Crippen LogP contribution in [0.5, 0.6) is 17.2 Å². The number of halogens is 1. The number of fused-ring (bicyclic) bond motifs is 3. The molecule has 0 spiro atoms. The van der Waals surface area contributed by atoms with Gasteiger partial charge in [0.05, 0.1) is 41.8 Å². The molecule has 0 saturated heterocycles. The van der Waals surface area contributed by atoms with E-state index in [9.17, 15) is 10.1 Å². The van der Waals surface area contributed by atoms with E-state index in [1.807, 2.05) is 18.2 Å². The van der Waals surface area contributed by atoms with Gasteiger partial charge in [-0.1, -0.05) is 6.07 Å². The van der Waals surface area contributed by atoms with Crippen molar-refractivity contribution >= 4 is 27.0 Å². The molecule has 0 N–H and O–H groups in total. The lowest BCUT2D eigenvalue weighted by Crippen LogP contribution is -2.12. The van der Waals surface area contributed by atoms with E-state index in [-0.39, 0.29) is 0 Å². The number of nitriles is 1. The van der Waals surface area contributed by atoms with Crippen LogP contribution in [0.2, 0.25) is 0 Å². The van der Waals surface area contributed by atoms with Gasteiger partial charge in [0.2, 0.25) is 0 Å². The first-order valence-electron chi connectivity index (χ1n) is 8.30. The number of allylic oxidation sites excluding steroid dienone is 1. The van der Waals surface area contributed by atoms with Crippen molar-refractivity contribution < 1.29 is 18.6 Å². The molecular weight excluding hydrogens is 428 g/mol. The molecule has 28 heavy (non-hydrogen) atoms. The minimum atomic E-state index is -0.479. The van der Waals surface area contributed by atoms with Gasteiger partial charge >= 0.3 is 5.76 Å². The summed E-state index contributed by atoms with van der Waals surface area (Å²) in [4.78, 5) is 11.9. The van der Waals surface area contributed by atoms with E-state index in [0.717, 1.165) is 11.1 Å². The molecule has 1 aliphatic heterocycles. The molecule has 1 aromatic heterocycles. The lowest BCUT2D eigenvalue weighted by molar-refractivity contribution is 0.352. The molecule has 0 amide bonds. The van der Waals surface area contributed by atoms with Crippen LogP contribution in [0.4, 0.5) is 0 Å². The molecule has 0 bridgehead atoms. The van der Waals surface area contributed by atoms with E-state index >= 15 is 0 Å². The third-order valence-corrected chi connectivity index (χ3v) is 5.38. The van der Waals surface area contributed by atoms with Crippen LogP contribution in [0.15, 0.2) is 49.8 Å². The summed E-state index contributed by atoms with van der Waals surface area (Å²) in [5.74, 6) is 0.618. The highest BCUT2D eigenvalue weighted by atomic mass is 79.9. The molecule has 0 radical (unpaired) electrons. The molecule has 0 aliphatic carbocycles. The lowest BCUT2D eigenvalue weighted by atomic mass is 9.84. The molecule has 2 aromatic carbocycles. The Morgan fingerprint density at radius 1 is 1.25 bits per heavy atom. The van der Waals surface area contributed by atoms with E-state index in [1.54, 1.807) is 27.3 Å². The van der Waals surface area contributed by atoms with Crippen molar-refractivity contribution in [2.24, 2.45) is 7.05 Å². The summed E-state index contributed by atoms with van der Waals surface area (Å²) >= 11 is 3.50. The molecule has 0 fully saturated rings. The summed E-state index contributed by atoms with van der Waals surface area (Å²) in [6, 6.07) is 9.51. The molecular formula is C20H15BrN2O5. The maximum Gasteiger partial charge on any atom is 0.419 e. The standard InChI is InChI=1S/C20H15BrN2O5/c1-23-14-5-4-12-16(10-6-13(21)18(26-3)15(7-10)25-2)11(8-22)9-27-17(12)19(14)28-20(23)24/h4-7,9,16H,1-3H3. The van der Waals surface area contributed by atoms with Crippen LogP contribution in [0.3, 0.4) is 0 Å². The summed E-state index contributed by atoms with van der Waals surface area (Å²) in [6.45, 7) is 0. The van der Waals surface area contributed by atoms with Crippen LogP contribution in [0, 0.1) is 11.3 Å². The zero-order valence-corrected chi connectivity index (χ0v) is 16.9. The Morgan fingerprint density at radius 3 is 2.71 bits per heavy atom. The predicted octanol–water partition coefficient (Wildman–Crippen LogP) is 3.84. The highest BCUT2D eigenvalue weighted by Crippen LogP contribution is 2.47. The Kier molecular flexibility index (Phi) is 4.40. The summed E-state index contributed by atoms with van der Waals surface area (Å²) in [7, 11) is 4.73. The number of hydrogen-bond donors (Lipinski definition) is 0. The van der Waals surface area contributed by atoms with E-state index in [2.05, 4.69) is 22.0 Å². The Balaban J connectivity index is 1.98. The van der Waals surface area contributed by atoms with Gasteiger partial charge < -0.3 is 18.6 Å². The lowest BCUT2D eigenvalue weighted by Gasteiger charge is -2.25. The second kappa shape index (κ2) is 6.77. The highest BCUT2D eigenvalue weighted by molar-refractivity contribution is 9.10. The van der Waals surface area contributed by atoms with Gasteiger partial charge in [0.15, 0.2) is 22.8 Å². The minimum Gasteiger partial charge on any atom is -0.493 e. The summed E-state index contributed by atoms with van der Waals surface area (Å²) in [6.07, 6.45) is 1.39. The summed E-state index contributed by atoms with van der Waals surface area (Å²) in [5.41, 5.74) is 2.91. The molecule has 142 valence electrons. The SMILES string of the molecule is COc1cc(C2C(C#N)=COc3c2ccc2c3oc(=O)n2C)cc(Br)c1OC. The first-order valence-corrected chi connectivity index (χ1v) is 9.10. The fourth-order valence-electron chi connectivity index (χ4n) is 3.45. The number of hydrogen-bond acceptors (Lipinski definition) is 6. The zero-order chi connectivity index (χ0) is 20.0. The van der Waals surface area contributed by atoms with Gasteiger partial charge in [-0.2, -0.15) is 5.26 Å². The van der Waals surface area contributed by atoms with Crippen molar-refractivity contribution in [2.45, 2.75) is 5.92 Å². The van der Waals surface area contributed by atoms with E-state index in [1.165, 1.54) is 10.8 Å². The van der Waals surface area contributed by atoms with Crippen LogP contribution >= 0.6 is 15.9 Å². The number of rotatable bonds is 3. The van der Waals surface area contributed by atoms with Crippen LogP contribution < -0.4 is 20.0 Å².